The maximum absolute atomic E-state index is 12.8. The van der Waals surface area contributed by atoms with Crippen molar-refractivity contribution in [2.24, 2.45) is 0 Å². The minimum atomic E-state index is -4.70. The van der Waals surface area contributed by atoms with Gasteiger partial charge in [0.25, 0.3) is 5.56 Å². The predicted octanol–water partition coefficient (Wildman–Crippen LogP) is 3.58. The summed E-state index contributed by atoms with van der Waals surface area (Å²) in [6.07, 6.45) is -2.11. The number of nitrogens with zero attached hydrogens (tertiary/aromatic N) is 2. The van der Waals surface area contributed by atoms with Crippen LogP contribution in [0, 0.1) is 0 Å². The molecule has 2 heterocycles. The summed E-state index contributed by atoms with van der Waals surface area (Å²) in [5.74, 6) is 0.976. The van der Waals surface area contributed by atoms with Crippen molar-refractivity contribution in [3.05, 3.63) is 70.5 Å². The fourth-order valence-electron chi connectivity index (χ4n) is 2.30. The van der Waals surface area contributed by atoms with E-state index in [9.17, 15) is 18.0 Å². The molecule has 0 aliphatic carbocycles. The molecule has 0 aliphatic heterocycles. The van der Waals surface area contributed by atoms with Crippen LogP contribution in [0.2, 0.25) is 0 Å². The van der Waals surface area contributed by atoms with Gasteiger partial charge in [-0.2, -0.15) is 13.2 Å². The van der Waals surface area contributed by atoms with E-state index in [2.05, 4.69) is 4.98 Å². The standard InChI is InChI=1S/C17H13F3N2O3/c1-24-13-6-4-11(5-7-13)15-21-12(10-25-15)9-22-8-2-3-14(16(22)23)17(18,19)20/h2-8,10H,9H2,1H3. The first-order chi connectivity index (χ1) is 11.9. The smallest absolute Gasteiger partial charge is 0.421 e. The molecule has 25 heavy (non-hydrogen) atoms. The lowest BCUT2D eigenvalue weighted by Crippen LogP contribution is -2.28. The van der Waals surface area contributed by atoms with E-state index < -0.39 is 17.3 Å². The van der Waals surface area contributed by atoms with Crippen molar-refractivity contribution >= 4 is 0 Å². The molecule has 3 aromatic rings. The lowest BCUT2D eigenvalue weighted by molar-refractivity contribution is -0.138. The molecule has 0 saturated carbocycles. The molecule has 5 nitrogen and oxygen atoms in total. The minimum absolute atomic E-state index is 0.123. The highest BCUT2D eigenvalue weighted by Crippen LogP contribution is 2.26. The Bertz CT molecular complexity index is 927. The Morgan fingerprint density at radius 2 is 1.92 bits per heavy atom. The topological polar surface area (TPSA) is 57.3 Å². The second kappa shape index (κ2) is 6.46. The zero-order valence-corrected chi connectivity index (χ0v) is 13.1. The number of aromatic nitrogens is 2. The fraction of sp³-hybridized carbons (Fsp3) is 0.176. The van der Waals surface area contributed by atoms with Crippen LogP contribution >= 0.6 is 0 Å². The van der Waals surface area contributed by atoms with Gasteiger partial charge in [-0.1, -0.05) is 0 Å². The molecule has 0 spiro atoms. The first-order valence-electron chi connectivity index (χ1n) is 7.24. The van der Waals surface area contributed by atoms with E-state index in [1.54, 1.807) is 31.4 Å². The molecule has 0 N–H and O–H groups in total. The highest BCUT2D eigenvalue weighted by atomic mass is 19.4. The van der Waals surface area contributed by atoms with Crippen molar-refractivity contribution in [3.8, 4) is 17.2 Å². The molecular formula is C17H13F3N2O3. The van der Waals surface area contributed by atoms with Crippen molar-refractivity contribution in [1.29, 1.82) is 0 Å². The summed E-state index contributed by atoms with van der Waals surface area (Å²) in [5, 5.41) is 0. The number of methoxy groups -OCH3 is 1. The number of pyridine rings is 1. The molecule has 0 bridgehead atoms. The number of oxazole rings is 1. The summed E-state index contributed by atoms with van der Waals surface area (Å²) in [5.41, 5.74) is -1.31. The van der Waals surface area contributed by atoms with Gasteiger partial charge in [0, 0.05) is 11.8 Å². The van der Waals surface area contributed by atoms with Crippen molar-refractivity contribution in [1.82, 2.24) is 9.55 Å². The average molecular weight is 350 g/mol. The van der Waals surface area contributed by atoms with Crippen LogP contribution in [0.15, 0.2) is 58.1 Å². The molecule has 0 saturated heterocycles. The van der Waals surface area contributed by atoms with E-state index in [-0.39, 0.29) is 6.54 Å². The zero-order valence-electron chi connectivity index (χ0n) is 13.1. The van der Waals surface area contributed by atoms with Crippen LogP contribution in [0.3, 0.4) is 0 Å². The Balaban J connectivity index is 1.85. The molecule has 3 rings (SSSR count). The fourth-order valence-corrected chi connectivity index (χ4v) is 2.30. The Morgan fingerprint density at radius 3 is 2.56 bits per heavy atom. The van der Waals surface area contributed by atoms with Gasteiger partial charge >= 0.3 is 6.18 Å². The lowest BCUT2D eigenvalue weighted by atomic mass is 10.2. The third kappa shape index (κ3) is 3.57. The van der Waals surface area contributed by atoms with Gasteiger partial charge in [0.05, 0.1) is 19.3 Å². The van der Waals surface area contributed by atoms with Gasteiger partial charge in [0.1, 0.15) is 17.6 Å². The molecular weight excluding hydrogens is 337 g/mol. The van der Waals surface area contributed by atoms with Crippen molar-refractivity contribution < 1.29 is 22.3 Å². The van der Waals surface area contributed by atoms with Crippen LogP contribution in [0.4, 0.5) is 13.2 Å². The highest BCUT2D eigenvalue weighted by Gasteiger charge is 2.34. The van der Waals surface area contributed by atoms with Crippen LogP contribution in [0.5, 0.6) is 5.75 Å². The lowest BCUT2D eigenvalue weighted by Gasteiger charge is -2.08. The van der Waals surface area contributed by atoms with Gasteiger partial charge in [0.15, 0.2) is 0 Å². The second-order valence-electron chi connectivity index (χ2n) is 5.23. The van der Waals surface area contributed by atoms with Crippen LogP contribution < -0.4 is 10.3 Å². The number of alkyl halides is 3. The summed E-state index contributed by atoms with van der Waals surface area (Å²) in [6.45, 7) is -0.123. The normalized spacial score (nSPS) is 11.5. The molecule has 0 amide bonds. The summed E-state index contributed by atoms with van der Waals surface area (Å²) < 4.78 is 49.7. The number of hydrogen-bond acceptors (Lipinski definition) is 4. The SMILES string of the molecule is COc1ccc(-c2nc(Cn3cccc(C(F)(F)F)c3=O)co2)cc1. The monoisotopic (exact) mass is 350 g/mol. The maximum atomic E-state index is 12.8. The van der Waals surface area contributed by atoms with Crippen molar-refractivity contribution in [3.63, 3.8) is 0 Å². The van der Waals surface area contributed by atoms with Gasteiger partial charge in [-0.3, -0.25) is 4.79 Å². The largest absolute Gasteiger partial charge is 0.497 e. The Morgan fingerprint density at radius 1 is 1.20 bits per heavy atom. The van der Waals surface area contributed by atoms with Crippen LogP contribution in [0.25, 0.3) is 11.5 Å². The summed E-state index contributed by atoms with van der Waals surface area (Å²) in [4.78, 5) is 16.2. The molecule has 0 radical (unpaired) electrons. The Hall–Kier alpha value is -3.03. The summed E-state index contributed by atoms with van der Waals surface area (Å²) in [7, 11) is 1.55. The van der Waals surface area contributed by atoms with E-state index in [4.69, 9.17) is 9.15 Å². The van der Waals surface area contributed by atoms with Crippen LogP contribution in [-0.4, -0.2) is 16.7 Å². The Kier molecular flexibility index (Phi) is 4.35. The molecule has 0 unspecified atom stereocenters. The summed E-state index contributed by atoms with van der Waals surface area (Å²) >= 11 is 0. The number of ether oxygens (including phenoxy) is 1. The number of benzene rings is 1. The first kappa shape index (κ1) is 16.8. The minimum Gasteiger partial charge on any atom is -0.497 e. The summed E-state index contributed by atoms with van der Waals surface area (Å²) in [6, 6.07) is 8.88. The third-order valence-corrected chi connectivity index (χ3v) is 3.55. The van der Waals surface area contributed by atoms with Crippen LogP contribution in [0.1, 0.15) is 11.3 Å². The van der Waals surface area contributed by atoms with Gasteiger partial charge in [-0.25, -0.2) is 4.98 Å². The van der Waals surface area contributed by atoms with E-state index in [0.29, 0.717) is 22.9 Å². The molecule has 0 aliphatic rings. The quantitative estimate of drug-likeness (QED) is 0.722. The molecule has 0 fully saturated rings. The van der Waals surface area contributed by atoms with Gasteiger partial charge in [0.2, 0.25) is 5.89 Å². The second-order valence-corrected chi connectivity index (χ2v) is 5.23. The molecule has 130 valence electrons. The number of halogens is 3. The zero-order chi connectivity index (χ0) is 18.0. The number of rotatable bonds is 4. The Labute approximate surface area is 140 Å². The van der Waals surface area contributed by atoms with E-state index in [1.165, 1.54) is 18.5 Å². The molecule has 2 aromatic heterocycles. The van der Waals surface area contributed by atoms with Crippen molar-refractivity contribution in [2.45, 2.75) is 12.7 Å². The average Bonchev–Trinajstić information content (AvgIpc) is 3.04. The van der Waals surface area contributed by atoms with E-state index in [1.807, 2.05) is 0 Å². The molecule has 0 atom stereocenters. The van der Waals surface area contributed by atoms with Crippen molar-refractivity contribution in [2.75, 3.05) is 7.11 Å². The third-order valence-electron chi connectivity index (χ3n) is 3.55. The maximum Gasteiger partial charge on any atom is 0.421 e. The van der Waals surface area contributed by atoms with Crippen LogP contribution in [-0.2, 0) is 12.7 Å². The highest BCUT2D eigenvalue weighted by molar-refractivity contribution is 5.54. The predicted molar refractivity (Wildman–Crippen MR) is 83.3 cm³/mol. The number of hydrogen-bond donors (Lipinski definition) is 0. The molecule has 1 aromatic carbocycles. The van der Waals surface area contributed by atoms with Gasteiger partial charge < -0.3 is 13.7 Å². The van der Waals surface area contributed by atoms with Gasteiger partial charge in [-0.15, -0.1) is 0 Å². The van der Waals surface area contributed by atoms with Gasteiger partial charge in [-0.05, 0) is 36.4 Å². The molecule has 8 heteroatoms. The van der Waals surface area contributed by atoms with E-state index in [0.717, 1.165) is 10.6 Å². The first-order valence-corrected chi connectivity index (χ1v) is 7.24. The van der Waals surface area contributed by atoms with E-state index >= 15 is 0 Å².